The van der Waals surface area contributed by atoms with Crippen LogP contribution in [-0.4, -0.2) is 13.1 Å². The normalized spacial score (nSPS) is 22.5. The molecule has 2 aromatic rings. The van der Waals surface area contributed by atoms with Gasteiger partial charge in [0.15, 0.2) is 12.4 Å². The van der Waals surface area contributed by atoms with Gasteiger partial charge in [0.2, 0.25) is 5.52 Å². The predicted octanol–water partition coefficient (Wildman–Crippen LogP) is 2.12. The van der Waals surface area contributed by atoms with Crippen LogP contribution in [0.25, 0.3) is 5.52 Å². The van der Waals surface area contributed by atoms with Crippen LogP contribution in [0.1, 0.15) is 24.3 Å². The van der Waals surface area contributed by atoms with E-state index in [2.05, 4.69) is 46.0 Å². The molecule has 2 heteroatoms. The van der Waals surface area contributed by atoms with Crippen molar-refractivity contribution in [3.05, 3.63) is 42.2 Å². The predicted molar refractivity (Wildman–Crippen MR) is 63.8 cm³/mol. The summed E-state index contributed by atoms with van der Waals surface area (Å²) in [6.45, 7) is 2.48. The average molecular weight is 211 g/mol. The molecule has 2 nitrogen and oxygen atoms in total. The number of rotatable bonds is 0. The first-order valence-corrected chi connectivity index (χ1v) is 6.11. The van der Waals surface area contributed by atoms with Crippen LogP contribution in [0.4, 0.5) is 5.69 Å². The lowest BCUT2D eigenvalue weighted by Crippen LogP contribution is -2.28. The number of piperidine rings is 1. The third kappa shape index (κ3) is 1.04. The van der Waals surface area contributed by atoms with E-state index >= 15 is 0 Å². The molecule has 0 aliphatic carbocycles. The molecule has 4 heterocycles. The van der Waals surface area contributed by atoms with Crippen molar-refractivity contribution in [3.8, 4) is 0 Å². The van der Waals surface area contributed by atoms with Gasteiger partial charge in [0.25, 0.3) is 0 Å². The summed E-state index contributed by atoms with van der Waals surface area (Å²) in [6.07, 6.45) is 7.15. The Morgan fingerprint density at radius 1 is 1.31 bits per heavy atom. The minimum Gasteiger partial charge on any atom is -0.366 e. The SMILES string of the molecule is c1cc[n+]2cc3c(cc2c1)C1CCCN3C1. The lowest BCUT2D eigenvalue weighted by molar-refractivity contribution is -0.511. The van der Waals surface area contributed by atoms with Crippen LogP contribution in [0.5, 0.6) is 0 Å². The number of nitrogens with zero attached hydrogens (tertiary/aromatic N) is 2. The third-order valence-electron chi connectivity index (χ3n) is 3.99. The maximum atomic E-state index is 2.54. The molecule has 0 aromatic carbocycles. The van der Waals surface area contributed by atoms with E-state index in [0.29, 0.717) is 0 Å². The highest BCUT2D eigenvalue weighted by atomic mass is 15.2. The highest BCUT2D eigenvalue weighted by Gasteiger charge is 2.34. The molecule has 2 aromatic heterocycles. The van der Waals surface area contributed by atoms with E-state index in [0.717, 1.165) is 5.92 Å². The molecule has 0 radical (unpaired) electrons. The fraction of sp³-hybridized carbons (Fsp3) is 0.357. The minimum absolute atomic E-state index is 0.786. The summed E-state index contributed by atoms with van der Waals surface area (Å²) in [5, 5.41) is 0. The van der Waals surface area contributed by atoms with Gasteiger partial charge in [-0.25, -0.2) is 0 Å². The van der Waals surface area contributed by atoms with E-state index < -0.39 is 0 Å². The topological polar surface area (TPSA) is 7.34 Å². The van der Waals surface area contributed by atoms with Crippen molar-refractivity contribution in [1.29, 1.82) is 0 Å². The Balaban J connectivity index is 2.01. The van der Waals surface area contributed by atoms with Gasteiger partial charge in [0.05, 0.1) is 0 Å². The Morgan fingerprint density at radius 2 is 2.31 bits per heavy atom. The van der Waals surface area contributed by atoms with Crippen LogP contribution in [0, 0.1) is 0 Å². The lowest BCUT2D eigenvalue weighted by atomic mass is 9.96. The van der Waals surface area contributed by atoms with Gasteiger partial charge in [0.1, 0.15) is 5.69 Å². The molecule has 0 N–H and O–H groups in total. The smallest absolute Gasteiger partial charge is 0.211 e. The minimum atomic E-state index is 0.786. The van der Waals surface area contributed by atoms with Gasteiger partial charge >= 0.3 is 0 Å². The van der Waals surface area contributed by atoms with Gasteiger partial charge < -0.3 is 4.90 Å². The van der Waals surface area contributed by atoms with Crippen molar-refractivity contribution in [3.63, 3.8) is 0 Å². The van der Waals surface area contributed by atoms with E-state index in [4.69, 9.17) is 0 Å². The molecule has 1 atom stereocenters. The highest BCUT2D eigenvalue weighted by Crippen LogP contribution is 2.41. The second-order valence-corrected chi connectivity index (χ2v) is 4.93. The van der Waals surface area contributed by atoms with E-state index in [1.807, 2.05) is 0 Å². The first-order valence-electron chi connectivity index (χ1n) is 6.11. The van der Waals surface area contributed by atoms with Crippen LogP contribution in [0.3, 0.4) is 0 Å². The summed E-state index contributed by atoms with van der Waals surface area (Å²) in [6, 6.07) is 8.78. The van der Waals surface area contributed by atoms with Crippen LogP contribution >= 0.6 is 0 Å². The van der Waals surface area contributed by atoms with Crippen molar-refractivity contribution >= 4 is 11.2 Å². The van der Waals surface area contributed by atoms with Crippen LogP contribution in [-0.2, 0) is 0 Å². The molecule has 2 aliphatic heterocycles. The molecule has 0 spiro atoms. The fourth-order valence-electron chi connectivity index (χ4n) is 3.19. The molecule has 1 unspecified atom stereocenters. The standard InChI is InChI=1S/C14H15N2/c1-2-6-15-10-14-13(8-12(15)5-1)11-4-3-7-16(14)9-11/h1-2,5-6,8,10-11H,3-4,7,9H2/q+1. The number of hydrogen-bond donors (Lipinski definition) is 0. The Labute approximate surface area is 95.1 Å². The van der Waals surface area contributed by atoms with Gasteiger partial charge in [-0.05, 0) is 24.5 Å². The van der Waals surface area contributed by atoms with Crippen molar-refractivity contribution in [2.45, 2.75) is 18.8 Å². The molecule has 16 heavy (non-hydrogen) atoms. The monoisotopic (exact) mass is 211 g/mol. The van der Waals surface area contributed by atoms with Gasteiger partial charge in [-0.15, -0.1) is 0 Å². The molecule has 1 fully saturated rings. The Bertz CT molecular complexity index is 513. The largest absolute Gasteiger partial charge is 0.366 e. The summed E-state index contributed by atoms with van der Waals surface area (Å²) < 4.78 is 2.24. The van der Waals surface area contributed by atoms with E-state index in [1.54, 1.807) is 5.56 Å². The lowest BCUT2D eigenvalue weighted by Gasteiger charge is -2.23. The molecule has 2 bridgehead atoms. The number of pyridine rings is 2. The average Bonchev–Trinajstić information content (AvgIpc) is 2.59. The number of anilines is 1. The van der Waals surface area contributed by atoms with E-state index in [-0.39, 0.29) is 0 Å². The van der Waals surface area contributed by atoms with Crippen LogP contribution in [0.2, 0.25) is 0 Å². The third-order valence-corrected chi connectivity index (χ3v) is 3.99. The molecule has 0 amide bonds. The molecule has 0 saturated carbocycles. The molecule has 80 valence electrons. The van der Waals surface area contributed by atoms with E-state index in [9.17, 15) is 0 Å². The van der Waals surface area contributed by atoms with Crippen molar-refractivity contribution in [2.24, 2.45) is 0 Å². The van der Waals surface area contributed by atoms with Gasteiger partial charge in [-0.2, -0.15) is 4.40 Å². The maximum absolute atomic E-state index is 2.54. The number of aromatic nitrogens is 1. The summed E-state index contributed by atoms with van der Waals surface area (Å²) in [5.41, 5.74) is 4.35. The second-order valence-electron chi connectivity index (χ2n) is 4.93. The summed E-state index contributed by atoms with van der Waals surface area (Å²) in [4.78, 5) is 2.54. The zero-order valence-corrected chi connectivity index (χ0v) is 9.26. The Kier molecular flexibility index (Phi) is 1.59. The van der Waals surface area contributed by atoms with Crippen molar-refractivity contribution < 1.29 is 4.40 Å². The molecule has 4 rings (SSSR count). The van der Waals surface area contributed by atoms with E-state index in [1.165, 1.54) is 37.1 Å². The van der Waals surface area contributed by atoms with Crippen molar-refractivity contribution in [1.82, 2.24) is 0 Å². The summed E-state index contributed by atoms with van der Waals surface area (Å²) in [5.74, 6) is 0.786. The molecule has 2 aliphatic rings. The second kappa shape index (κ2) is 2.97. The quantitative estimate of drug-likeness (QED) is 0.606. The van der Waals surface area contributed by atoms with Gasteiger partial charge in [0, 0.05) is 37.2 Å². The fourth-order valence-corrected chi connectivity index (χ4v) is 3.19. The maximum Gasteiger partial charge on any atom is 0.211 e. The number of hydrogen-bond acceptors (Lipinski definition) is 1. The Morgan fingerprint density at radius 3 is 3.31 bits per heavy atom. The first kappa shape index (κ1) is 8.57. The zero-order chi connectivity index (χ0) is 10.5. The molecule has 1 saturated heterocycles. The summed E-state index contributed by atoms with van der Waals surface area (Å²) >= 11 is 0. The van der Waals surface area contributed by atoms with Gasteiger partial charge in [-0.1, -0.05) is 0 Å². The highest BCUT2D eigenvalue weighted by molar-refractivity contribution is 5.62. The first-order chi connectivity index (χ1) is 7.92. The van der Waals surface area contributed by atoms with Crippen LogP contribution < -0.4 is 9.30 Å². The zero-order valence-electron chi connectivity index (χ0n) is 9.26. The Hall–Kier alpha value is -1.57. The van der Waals surface area contributed by atoms with Crippen molar-refractivity contribution in [2.75, 3.05) is 18.0 Å². The van der Waals surface area contributed by atoms with Crippen LogP contribution in [0.15, 0.2) is 36.7 Å². The van der Waals surface area contributed by atoms with Gasteiger partial charge in [-0.3, -0.25) is 0 Å². The molecular formula is C14H15N2+. The molecular weight excluding hydrogens is 196 g/mol. The number of fused-ring (bicyclic) bond motifs is 6. The summed E-state index contributed by atoms with van der Waals surface area (Å²) in [7, 11) is 0.